The zero-order valence-corrected chi connectivity index (χ0v) is 14.3. The Kier molecular flexibility index (Phi) is 5.61. The fourth-order valence-electron chi connectivity index (χ4n) is 3.46. The smallest absolute Gasteiger partial charge is 0.227 e. The Hall–Kier alpha value is -1.05. The van der Waals surface area contributed by atoms with E-state index >= 15 is 0 Å². The molecule has 2 aliphatic rings. The molecule has 7 heteroatoms. The average Bonchev–Trinajstić information content (AvgIpc) is 3.18. The third kappa shape index (κ3) is 4.28. The van der Waals surface area contributed by atoms with Crippen molar-refractivity contribution in [2.75, 3.05) is 33.4 Å². The number of carbonyl (C=O) groups excluding carboxylic acids is 1. The summed E-state index contributed by atoms with van der Waals surface area (Å²) in [6, 6.07) is 0.0624. The summed E-state index contributed by atoms with van der Waals surface area (Å²) >= 11 is 1.59. The van der Waals surface area contributed by atoms with Gasteiger partial charge in [-0.25, -0.2) is 9.37 Å². The fraction of sp³-hybridized carbons (Fsp3) is 0.750. The van der Waals surface area contributed by atoms with Gasteiger partial charge in [0.15, 0.2) is 0 Å². The van der Waals surface area contributed by atoms with Crippen LogP contribution in [0.25, 0.3) is 0 Å². The highest BCUT2D eigenvalue weighted by Crippen LogP contribution is 2.25. The molecule has 1 amide bonds. The molecule has 0 radical (unpaired) electrons. The number of alkyl halides is 1. The van der Waals surface area contributed by atoms with Crippen molar-refractivity contribution in [2.24, 2.45) is 5.92 Å². The van der Waals surface area contributed by atoms with E-state index in [2.05, 4.69) is 9.88 Å². The van der Waals surface area contributed by atoms with Crippen molar-refractivity contribution >= 4 is 17.2 Å². The largest absolute Gasteiger partial charge is 0.381 e. The highest BCUT2D eigenvalue weighted by molar-refractivity contribution is 7.09. The van der Waals surface area contributed by atoms with E-state index in [1.54, 1.807) is 22.4 Å². The number of ether oxygens (including phenoxy) is 1. The summed E-state index contributed by atoms with van der Waals surface area (Å²) < 4.78 is 19.3. The molecule has 0 aliphatic carbocycles. The number of nitrogens with zero attached hydrogens (tertiary/aromatic N) is 3. The van der Waals surface area contributed by atoms with Gasteiger partial charge < -0.3 is 9.64 Å². The minimum Gasteiger partial charge on any atom is -0.381 e. The summed E-state index contributed by atoms with van der Waals surface area (Å²) in [4.78, 5) is 20.7. The van der Waals surface area contributed by atoms with Crippen molar-refractivity contribution < 1.29 is 13.9 Å². The molecule has 2 fully saturated rings. The number of likely N-dealkylation sites (N-methyl/N-ethyl adjacent to an activating group) is 1. The molecule has 2 saturated heterocycles. The van der Waals surface area contributed by atoms with E-state index < -0.39 is 6.17 Å². The molecular weight excluding hydrogens is 317 g/mol. The van der Waals surface area contributed by atoms with Crippen LogP contribution in [0.3, 0.4) is 0 Å². The number of rotatable bonds is 5. The number of aromatic nitrogens is 1. The van der Waals surface area contributed by atoms with Crippen LogP contribution in [0.4, 0.5) is 4.39 Å². The predicted molar refractivity (Wildman–Crippen MR) is 87.0 cm³/mol. The van der Waals surface area contributed by atoms with Gasteiger partial charge in [0.25, 0.3) is 0 Å². The topological polar surface area (TPSA) is 45.7 Å². The van der Waals surface area contributed by atoms with Crippen molar-refractivity contribution in [3.8, 4) is 0 Å². The molecule has 128 valence electrons. The fourth-order valence-corrected chi connectivity index (χ4v) is 4.10. The van der Waals surface area contributed by atoms with Crippen molar-refractivity contribution in [1.29, 1.82) is 0 Å². The molecule has 3 rings (SSSR count). The second-order valence-electron chi connectivity index (χ2n) is 6.47. The van der Waals surface area contributed by atoms with Crippen LogP contribution in [0.2, 0.25) is 0 Å². The number of thiazole rings is 1. The Morgan fingerprint density at radius 3 is 3.17 bits per heavy atom. The van der Waals surface area contributed by atoms with E-state index in [0.717, 1.165) is 24.5 Å². The zero-order chi connectivity index (χ0) is 16.2. The molecule has 1 unspecified atom stereocenters. The molecule has 0 N–H and O–H groups in total. The van der Waals surface area contributed by atoms with Gasteiger partial charge in [-0.1, -0.05) is 0 Å². The SMILES string of the molecule is CN(C[C@@H]1C[C@H](F)CN1Cc1nccs1)C(=O)C1CCCOC1. The summed E-state index contributed by atoms with van der Waals surface area (Å²) in [5, 5.41) is 2.94. The predicted octanol–water partition coefficient (Wildman–Crippen LogP) is 1.94. The molecular formula is C16H24FN3O2S. The first-order chi connectivity index (χ1) is 11.1. The van der Waals surface area contributed by atoms with Crippen LogP contribution in [0.5, 0.6) is 0 Å². The number of halogens is 1. The van der Waals surface area contributed by atoms with Gasteiger partial charge >= 0.3 is 0 Å². The van der Waals surface area contributed by atoms with Crippen molar-refractivity contribution in [3.63, 3.8) is 0 Å². The molecule has 0 spiro atoms. The van der Waals surface area contributed by atoms with Crippen LogP contribution in [-0.4, -0.2) is 66.3 Å². The van der Waals surface area contributed by atoms with Crippen LogP contribution in [-0.2, 0) is 16.1 Å². The van der Waals surface area contributed by atoms with E-state index in [9.17, 15) is 9.18 Å². The number of amides is 1. The Balaban J connectivity index is 1.56. The first-order valence-corrected chi connectivity index (χ1v) is 9.10. The van der Waals surface area contributed by atoms with Crippen LogP contribution in [0, 0.1) is 5.92 Å². The van der Waals surface area contributed by atoms with Crippen molar-refractivity contribution in [3.05, 3.63) is 16.6 Å². The highest BCUT2D eigenvalue weighted by Gasteiger charge is 2.35. The van der Waals surface area contributed by atoms with Gasteiger partial charge in [-0.3, -0.25) is 9.69 Å². The summed E-state index contributed by atoms with van der Waals surface area (Å²) in [6.45, 7) is 2.93. The van der Waals surface area contributed by atoms with Gasteiger partial charge in [0.05, 0.1) is 19.1 Å². The molecule has 1 aromatic rings. The zero-order valence-electron chi connectivity index (χ0n) is 13.5. The van der Waals surface area contributed by atoms with Crippen LogP contribution in [0.1, 0.15) is 24.3 Å². The second-order valence-corrected chi connectivity index (χ2v) is 7.45. The molecule has 0 aromatic carbocycles. The third-order valence-corrected chi connectivity index (χ3v) is 5.43. The third-order valence-electron chi connectivity index (χ3n) is 4.67. The Bertz CT molecular complexity index is 507. The lowest BCUT2D eigenvalue weighted by Gasteiger charge is -2.31. The van der Waals surface area contributed by atoms with Gasteiger partial charge in [-0.2, -0.15) is 0 Å². The summed E-state index contributed by atoms with van der Waals surface area (Å²) in [5.41, 5.74) is 0. The van der Waals surface area contributed by atoms with E-state index in [0.29, 0.717) is 32.7 Å². The van der Waals surface area contributed by atoms with Gasteiger partial charge in [0, 0.05) is 44.4 Å². The van der Waals surface area contributed by atoms with Crippen LogP contribution in [0.15, 0.2) is 11.6 Å². The summed E-state index contributed by atoms with van der Waals surface area (Å²) in [7, 11) is 1.82. The standard InChI is InChI=1S/C16H24FN3O2S/c1-19(16(21)12-3-2-5-22-11-12)9-14-7-13(17)8-20(14)10-15-18-4-6-23-15/h4,6,12-14H,2-3,5,7-11H2,1H3/t12?,13-,14-/m0/s1. The second kappa shape index (κ2) is 7.68. The maximum absolute atomic E-state index is 13.9. The molecule has 3 atom stereocenters. The number of carbonyl (C=O) groups is 1. The van der Waals surface area contributed by atoms with E-state index in [4.69, 9.17) is 4.74 Å². The molecule has 2 aliphatic heterocycles. The van der Waals surface area contributed by atoms with E-state index in [1.165, 1.54) is 0 Å². The number of hydrogen-bond acceptors (Lipinski definition) is 5. The normalized spacial score (nSPS) is 28.9. The Labute approximate surface area is 140 Å². The summed E-state index contributed by atoms with van der Waals surface area (Å²) in [5.74, 6) is 0.0879. The minimum atomic E-state index is -0.818. The minimum absolute atomic E-state index is 0.0382. The quantitative estimate of drug-likeness (QED) is 0.821. The lowest BCUT2D eigenvalue weighted by Crippen LogP contribution is -2.44. The molecule has 1 aromatic heterocycles. The van der Waals surface area contributed by atoms with Crippen molar-refractivity contribution in [2.45, 2.75) is 38.0 Å². The lowest BCUT2D eigenvalue weighted by molar-refractivity contribution is -0.139. The number of likely N-dealkylation sites (tertiary alicyclic amines) is 1. The highest BCUT2D eigenvalue weighted by atomic mass is 32.1. The maximum Gasteiger partial charge on any atom is 0.227 e. The Morgan fingerprint density at radius 1 is 1.61 bits per heavy atom. The van der Waals surface area contributed by atoms with E-state index in [1.807, 2.05) is 12.4 Å². The van der Waals surface area contributed by atoms with Crippen LogP contribution < -0.4 is 0 Å². The first-order valence-electron chi connectivity index (χ1n) is 8.22. The molecule has 3 heterocycles. The molecule has 0 bridgehead atoms. The maximum atomic E-state index is 13.9. The first kappa shape index (κ1) is 16.8. The number of hydrogen-bond donors (Lipinski definition) is 0. The van der Waals surface area contributed by atoms with Gasteiger partial charge in [-0.15, -0.1) is 11.3 Å². The molecule has 23 heavy (non-hydrogen) atoms. The Morgan fingerprint density at radius 2 is 2.48 bits per heavy atom. The van der Waals surface area contributed by atoms with Gasteiger partial charge in [0.2, 0.25) is 5.91 Å². The van der Waals surface area contributed by atoms with Gasteiger partial charge in [0.1, 0.15) is 11.2 Å². The lowest BCUT2D eigenvalue weighted by atomic mass is 10.0. The van der Waals surface area contributed by atoms with Crippen molar-refractivity contribution in [1.82, 2.24) is 14.8 Å². The monoisotopic (exact) mass is 341 g/mol. The summed E-state index contributed by atoms with van der Waals surface area (Å²) in [6.07, 6.45) is 3.28. The molecule has 5 nitrogen and oxygen atoms in total. The average molecular weight is 341 g/mol. The van der Waals surface area contributed by atoms with Gasteiger partial charge in [-0.05, 0) is 19.3 Å². The van der Waals surface area contributed by atoms with E-state index in [-0.39, 0.29) is 17.9 Å². The van der Waals surface area contributed by atoms with Crippen LogP contribution >= 0.6 is 11.3 Å². The molecule has 0 saturated carbocycles.